The molecule has 0 spiro atoms. The summed E-state index contributed by atoms with van der Waals surface area (Å²) in [6.45, 7) is 1.92. The van der Waals surface area contributed by atoms with E-state index in [-0.39, 0.29) is 11.9 Å². The van der Waals surface area contributed by atoms with Gasteiger partial charge in [0, 0.05) is 29.3 Å². The van der Waals surface area contributed by atoms with Crippen molar-refractivity contribution in [2.45, 2.75) is 19.8 Å². The van der Waals surface area contributed by atoms with Crippen molar-refractivity contribution in [3.05, 3.63) is 23.8 Å². The maximum absolute atomic E-state index is 11.8. The number of methoxy groups -OCH3 is 1. The van der Waals surface area contributed by atoms with Gasteiger partial charge in [0.1, 0.15) is 0 Å². The van der Waals surface area contributed by atoms with E-state index in [2.05, 4.69) is 10.1 Å². The van der Waals surface area contributed by atoms with Crippen LogP contribution in [0, 0.1) is 6.92 Å². The molecule has 3 N–H and O–H groups in total. The minimum Gasteiger partial charge on any atom is -0.469 e. The van der Waals surface area contributed by atoms with Gasteiger partial charge in [-0.3, -0.25) is 9.59 Å². The standard InChI is InChI=1S/C14H20N2O3S/c1-10-3-4-11(15)9-12(10)16-13(17)5-7-20-8-6-14(18)19-2/h3-4,9H,5-8,15H2,1-2H3,(H,16,17). The van der Waals surface area contributed by atoms with Crippen molar-refractivity contribution in [2.24, 2.45) is 0 Å². The summed E-state index contributed by atoms with van der Waals surface area (Å²) >= 11 is 1.56. The van der Waals surface area contributed by atoms with E-state index < -0.39 is 0 Å². The summed E-state index contributed by atoms with van der Waals surface area (Å²) in [4.78, 5) is 22.7. The molecular weight excluding hydrogens is 276 g/mol. The molecule has 0 aliphatic rings. The second-order valence-corrected chi connectivity index (χ2v) is 5.54. The number of anilines is 2. The zero-order chi connectivity index (χ0) is 15.0. The Morgan fingerprint density at radius 2 is 2.00 bits per heavy atom. The molecule has 0 bridgehead atoms. The fourth-order valence-electron chi connectivity index (χ4n) is 1.51. The largest absolute Gasteiger partial charge is 0.469 e. The first-order valence-corrected chi connectivity index (χ1v) is 7.49. The normalized spacial score (nSPS) is 10.1. The maximum Gasteiger partial charge on any atom is 0.306 e. The van der Waals surface area contributed by atoms with Gasteiger partial charge in [0.25, 0.3) is 0 Å². The molecule has 1 rings (SSSR count). The lowest BCUT2D eigenvalue weighted by Gasteiger charge is -2.09. The molecule has 0 saturated carbocycles. The molecule has 1 aromatic rings. The number of hydrogen-bond acceptors (Lipinski definition) is 5. The number of nitrogens with one attached hydrogen (secondary N) is 1. The highest BCUT2D eigenvalue weighted by Gasteiger charge is 2.06. The third-order valence-corrected chi connectivity index (χ3v) is 3.67. The number of rotatable bonds is 7. The molecule has 6 heteroatoms. The van der Waals surface area contributed by atoms with E-state index in [0.717, 1.165) is 11.3 Å². The molecule has 0 radical (unpaired) electrons. The second-order valence-electron chi connectivity index (χ2n) is 4.31. The summed E-state index contributed by atoms with van der Waals surface area (Å²) in [5.74, 6) is 1.06. The number of nitrogen functional groups attached to an aromatic ring is 1. The van der Waals surface area contributed by atoms with Crippen molar-refractivity contribution in [1.29, 1.82) is 0 Å². The van der Waals surface area contributed by atoms with E-state index >= 15 is 0 Å². The van der Waals surface area contributed by atoms with Crippen LogP contribution in [0.5, 0.6) is 0 Å². The minimum atomic E-state index is -0.225. The molecule has 0 aliphatic heterocycles. The lowest BCUT2D eigenvalue weighted by Crippen LogP contribution is -2.13. The topological polar surface area (TPSA) is 81.4 Å². The highest BCUT2D eigenvalue weighted by atomic mass is 32.2. The van der Waals surface area contributed by atoms with Crippen LogP contribution in [0.15, 0.2) is 18.2 Å². The number of benzene rings is 1. The predicted octanol–water partition coefficient (Wildman–Crippen LogP) is 2.20. The Kier molecular flexibility index (Phi) is 6.93. The molecule has 0 atom stereocenters. The number of aryl methyl sites for hydroxylation is 1. The summed E-state index contributed by atoms with van der Waals surface area (Å²) in [6.07, 6.45) is 0.775. The van der Waals surface area contributed by atoms with Gasteiger partial charge in [-0.1, -0.05) is 6.07 Å². The Labute approximate surface area is 123 Å². The first-order valence-electron chi connectivity index (χ1n) is 6.33. The summed E-state index contributed by atoms with van der Waals surface area (Å²) in [5, 5.41) is 2.84. The Balaban J connectivity index is 2.27. The van der Waals surface area contributed by atoms with Crippen LogP contribution in [0.2, 0.25) is 0 Å². The van der Waals surface area contributed by atoms with Crippen molar-refractivity contribution >= 4 is 35.0 Å². The minimum absolute atomic E-state index is 0.0516. The zero-order valence-corrected chi connectivity index (χ0v) is 12.6. The van der Waals surface area contributed by atoms with Crippen LogP contribution in [0.1, 0.15) is 18.4 Å². The average molecular weight is 296 g/mol. The second kappa shape index (κ2) is 8.47. The molecule has 0 saturated heterocycles. The van der Waals surface area contributed by atoms with Gasteiger partial charge in [-0.2, -0.15) is 11.8 Å². The summed E-state index contributed by atoms with van der Waals surface area (Å²) in [7, 11) is 1.37. The van der Waals surface area contributed by atoms with Gasteiger partial charge in [-0.05, 0) is 24.6 Å². The monoisotopic (exact) mass is 296 g/mol. The van der Waals surface area contributed by atoms with E-state index in [4.69, 9.17) is 5.73 Å². The third-order valence-electron chi connectivity index (χ3n) is 2.69. The summed E-state index contributed by atoms with van der Waals surface area (Å²) in [5.41, 5.74) is 8.03. The van der Waals surface area contributed by atoms with E-state index in [9.17, 15) is 9.59 Å². The Hall–Kier alpha value is -1.69. The number of hydrogen-bond donors (Lipinski definition) is 2. The zero-order valence-electron chi connectivity index (χ0n) is 11.8. The fraction of sp³-hybridized carbons (Fsp3) is 0.429. The molecule has 0 aromatic heterocycles. The third kappa shape index (κ3) is 5.97. The van der Waals surface area contributed by atoms with Gasteiger partial charge in [-0.15, -0.1) is 0 Å². The van der Waals surface area contributed by atoms with Crippen LogP contribution in [0.4, 0.5) is 11.4 Å². The SMILES string of the molecule is COC(=O)CCSCCC(=O)Nc1cc(N)ccc1C. The summed E-state index contributed by atoms with van der Waals surface area (Å²) in [6, 6.07) is 5.42. The molecule has 0 unspecified atom stereocenters. The van der Waals surface area contributed by atoms with Crippen LogP contribution in [0.3, 0.4) is 0 Å². The van der Waals surface area contributed by atoms with Crippen molar-refractivity contribution < 1.29 is 14.3 Å². The molecule has 0 heterocycles. The van der Waals surface area contributed by atoms with Gasteiger partial charge in [0.2, 0.25) is 5.91 Å². The molecule has 0 aliphatic carbocycles. The fourth-order valence-corrected chi connectivity index (χ4v) is 2.36. The molecule has 20 heavy (non-hydrogen) atoms. The first-order chi connectivity index (χ1) is 9.52. The van der Waals surface area contributed by atoms with Crippen LogP contribution >= 0.6 is 11.8 Å². The Morgan fingerprint density at radius 1 is 1.30 bits per heavy atom. The van der Waals surface area contributed by atoms with Gasteiger partial charge < -0.3 is 15.8 Å². The molecule has 1 amide bonds. The summed E-state index contributed by atoms with van der Waals surface area (Å²) < 4.78 is 4.54. The molecule has 0 fully saturated rings. The number of esters is 1. The highest BCUT2D eigenvalue weighted by molar-refractivity contribution is 7.99. The highest BCUT2D eigenvalue weighted by Crippen LogP contribution is 2.18. The van der Waals surface area contributed by atoms with Gasteiger partial charge in [0.05, 0.1) is 13.5 Å². The van der Waals surface area contributed by atoms with E-state index in [0.29, 0.717) is 30.0 Å². The van der Waals surface area contributed by atoms with Crippen LogP contribution in [0.25, 0.3) is 0 Å². The average Bonchev–Trinajstić information content (AvgIpc) is 2.42. The number of nitrogens with two attached hydrogens (primary N) is 1. The quantitative estimate of drug-likeness (QED) is 0.458. The number of amides is 1. The van der Waals surface area contributed by atoms with Crippen LogP contribution < -0.4 is 11.1 Å². The Morgan fingerprint density at radius 3 is 2.70 bits per heavy atom. The van der Waals surface area contributed by atoms with Crippen LogP contribution in [-0.2, 0) is 14.3 Å². The molecular formula is C14H20N2O3S. The Bertz CT molecular complexity index is 477. The van der Waals surface area contributed by atoms with Crippen molar-refractivity contribution in [1.82, 2.24) is 0 Å². The number of carbonyl (C=O) groups excluding carboxylic acids is 2. The lowest BCUT2D eigenvalue weighted by molar-refractivity contribution is -0.140. The molecule has 1 aromatic carbocycles. The van der Waals surface area contributed by atoms with Gasteiger partial charge in [0.15, 0.2) is 0 Å². The maximum atomic E-state index is 11.8. The first kappa shape index (κ1) is 16.4. The van der Waals surface area contributed by atoms with Gasteiger partial charge >= 0.3 is 5.97 Å². The van der Waals surface area contributed by atoms with Gasteiger partial charge in [-0.25, -0.2) is 0 Å². The van der Waals surface area contributed by atoms with Crippen molar-refractivity contribution in [3.63, 3.8) is 0 Å². The predicted molar refractivity (Wildman–Crippen MR) is 82.8 cm³/mol. The van der Waals surface area contributed by atoms with Crippen LogP contribution in [-0.4, -0.2) is 30.5 Å². The molecule has 110 valence electrons. The lowest BCUT2D eigenvalue weighted by atomic mass is 10.2. The van der Waals surface area contributed by atoms with E-state index in [1.54, 1.807) is 23.9 Å². The van der Waals surface area contributed by atoms with Crippen molar-refractivity contribution in [3.8, 4) is 0 Å². The van der Waals surface area contributed by atoms with Crippen molar-refractivity contribution in [2.75, 3.05) is 29.7 Å². The smallest absolute Gasteiger partial charge is 0.306 e. The molecule has 5 nitrogen and oxygen atoms in total. The van der Waals surface area contributed by atoms with E-state index in [1.807, 2.05) is 13.0 Å². The number of ether oxygens (including phenoxy) is 1. The number of thioether (sulfide) groups is 1. The van der Waals surface area contributed by atoms with E-state index in [1.165, 1.54) is 7.11 Å². The number of carbonyl (C=O) groups is 2.